The summed E-state index contributed by atoms with van der Waals surface area (Å²) in [6.07, 6.45) is 6.47. The molecule has 1 N–H and O–H groups in total. The Morgan fingerprint density at radius 2 is 1.80 bits per heavy atom. The number of rotatable bonds is 7. The van der Waals surface area contributed by atoms with E-state index in [9.17, 15) is 0 Å². The summed E-state index contributed by atoms with van der Waals surface area (Å²) in [4.78, 5) is 0. The van der Waals surface area contributed by atoms with Gasteiger partial charge < -0.3 is 14.8 Å². The Balaban J connectivity index is 4.38. The fraction of sp³-hybridized carbons (Fsp3) is 0.667. The third-order valence-corrected chi connectivity index (χ3v) is 2.15. The SMILES string of the molecule is CNCC(/C=C\C(C)OC)=C/C(C)OC. The first-order valence-corrected chi connectivity index (χ1v) is 5.23. The summed E-state index contributed by atoms with van der Waals surface area (Å²) in [6.45, 7) is 4.86. The normalized spacial score (nSPS) is 17.0. The molecule has 0 bridgehead atoms. The van der Waals surface area contributed by atoms with Gasteiger partial charge in [-0.1, -0.05) is 18.2 Å². The van der Waals surface area contributed by atoms with Gasteiger partial charge in [0.15, 0.2) is 0 Å². The largest absolute Gasteiger partial charge is 0.378 e. The Hall–Kier alpha value is -0.640. The van der Waals surface area contributed by atoms with E-state index in [2.05, 4.69) is 17.5 Å². The van der Waals surface area contributed by atoms with E-state index < -0.39 is 0 Å². The lowest BCUT2D eigenvalue weighted by Gasteiger charge is -2.08. The molecule has 0 aliphatic heterocycles. The Kier molecular flexibility index (Phi) is 8.28. The van der Waals surface area contributed by atoms with Gasteiger partial charge in [0, 0.05) is 20.8 Å². The van der Waals surface area contributed by atoms with E-state index >= 15 is 0 Å². The van der Waals surface area contributed by atoms with Gasteiger partial charge in [-0.15, -0.1) is 0 Å². The Labute approximate surface area is 93.2 Å². The molecule has 0 saturated heterocycles. The standard InChI is InChI=1S/C12H23NO2/c1-10(14-4)6-7-12(9-13-3)8-11(2)15-5/h6-8,10-11,13H,9H2,1-5H3/b7-6-,12-8+. The highest BCUT2D eigenvalue weighted by Crippen LogP contribution is 2.02. The highest BCUT2D eigenvalue weighted by Gasteiger charge is 1.98. The molecular weight excluding hydrogens is 190 g/mol. The molecule has 0 amide bonds. The zero-order chi connectivity index (χ0) is 11.7. The molecule has 0 aromatic rings. The van der Waals surface area contributed by atoms with Crippen LogP contribution in [-0.2, 0) is 9.47 Å². The van der Waals surface area contributed by atoms with Crippen molar-refractivity contribution in [2.24, 2.45) is 0 Å². The summed E-state index contributed by atoms with van der Waals surface area (Å²) >= 11 is 0. The average molecular weight is 213 g/mol. The summed E-state index contributed by atoms with van der Waals surface area (Å²) in [5, 5.41) is 3.12. The van der Waals surface area contributed by atoms with Gasteiger partial charge in [-0.25, -0.2) is 0 Å². The quantitative estimate of drug-likeness (QED) is 0.654. The molecule has 3 heteroatoms. The van der Waals surface area contributed by atoms with Gasteiger partial charge in [0.05, 0.1) is 12.2 Å². The Bertz CT molecular complexity index is 212. The third kappa shape index (κ3) is 7.31. The lowest BCUT2D eigenvalue weighted by atomic mass is 10.1. The minimum Gasteiger partial charge on any atom is -0.378 e. The second kappa shape index (κ2) is 8.65. The van der Waals surface area contributed by atoms with Crippen molar-refractivity contribution in [3.63, 3.8) is 0 Å². The summed E-state index contributed by atoms with van der Waals surface area (Å²) in [5.41, 5.74) is 1.20. The minimum absolute atomic E-state index is 0.135. The highest BCUT2D eigenvalue weighted by molar-refractivity contribution is 5.22. The molecule has 0 aliphatic rings. The summed E-state index contributed by atoms with van der Waals surface area (Å²) in [6, 6.07) is 0. The van der Waals surface area contributed by atoms with Crippen molar-refractivity contribution in [2.45, 2.75) is 26.1 Å². The average Bonchev–Trinajstić information content (AvgIpc) is 2.25. The molecule has 0 rings (SSSR count). The van der Waals surface area contributed by atoms with Gasteiger partial charge in [0.2, 0.25) is 0 Å². The number of hydrogen-bond acceptors (Lipinski definition) is 3. The lowest BCUT2D eigenvalue weighted by Crippen LogP contribution is -2.12. The van der Waals surface area contributed by atoms with Crippen LogP contribution in [0.3, 0.4) is 0 Å². The summed E-state index contributed by atoms with van der Waals surface area (Å²) < 4.78 is 10.3. The maximum absolute atomic E-state index is 5.19. The lowest BCUT2D eigenvalue weighted by molar-refractivity contribution is 0.155. The van der Waals surface area contributed by atoms with Crippen molar-refractivity contribution in [3.8, 4) is 0 Å². The van der Waals surface area contributed by atoms with Crippen LogP contribution in [0, 0.1) is 0 Å². The van der Waals surface area contributed by atoms with Crippen molar-refractivity contribution in [1.82, 2.24) is 5.32 Å². The molecule has 0 radical (unpaired) electrons. The van der Waals surface area contributed by atoms with E-state index in [1.807, 2.05) is 27.0 Å². The van der Waals surface area contributed by atoms with Crippen molar-refractivity contribution in [1.29, 1.82) is 0 Å². The second-order valence-corrected chi connectivity index (χ2v) is 3.51. The van der Waals surface area contributed by atoms with Crippen LogP contribution in [0.5, 0.6) is 0 Å². The van der Waals surface area contributed by atoms with Crippen molar-refractivity contribution < 1.29 is 9.47 Å². The second-order valence-electron chi connectivity index (χ2n) is 3.51. The van der Waals surface area contributed by atoms with Crippen LogP contribution in [0.15, 0.2) is 23.8 Å². The zero-order valence-corrected chi connectivity index (χ0v) is 10.4. The van der Waals surface area contributed by atoms with Crippen LogP contribution in [0.4, 0.5) is 0 Å². The Morgan fingerprint density at radius 1 is 1.20 bits per heavy atom. The molecule has 0 heterocycles. The molecule has 0 saturated carbocycles. The van der Waals surface area contributed by atoms with Crippen molar-refractivity contribution >= 4 is 0 Å². The van der Waals surface area contributed by atoms with Crippen molar-refractivity contribution in [2.75, 3.05) is 27.8 Å². The van der Waals surface area contributed by atoms with E-state index in [1.165, 1.54) is 5.57 Å². The van der Waals surface area contributed by atoms with Gasteiger partial charge in [0.1, 0.15) is 0 Å². The molecule has 2 atom stereocenters. The first-order chi connectivity index (χ1) is 7.13. The maximum Gasteiger partial charge on any atom is 0.0730 e. The third-order valence-electron chi connectivity index (χ3n) is 2.15. The van der Waals surface area contributed by atoms with Gasteiger partial charge in [0.25, 0.3) is 0 Å². The monoisotopic (exact) mass is 213 g/mol. The Morgan fingerprint density at radius 3 is 2.27 bits per heavy atom. The first-order valence-electron chi connectivity index (χ1n) is 5.23. The number of methoxy groups -OCH3 is 2. The number of likely N-dealkylation sites (N-methyl/N-ethyl adjacent to an activating group) is 1. The molecule has 3 nitrogen and oxygen atoms in total. The fourth-order valence-corrected chi connectivity index (χ4v) is 1.08. The maximum atomic E-state index is 5.19. The number of ether oxygens (including phenoxy) is 2. The molecule has 0 spiro atoms. The predicted molar refractivity (Wildman–Crippen MR) is 64.1 cm³/mol. The van der Waals surface area contributed by atoms with Crippen LogP contribution in [0.1, 0.15) is 13.8 Å². The van der Waals surface area contributed by atoms with E-state index in [0.717, 1.165) is 6.54 Å². The molecular formula is C12H23NO2. The number of nitrogens with one attached hydrogen (secondary N) is 1. The van der Waals surface area contributed by atoms with Crippen LogP contribution in [0.25, 0.3) is 0 Å². The first kappa shape index (κ1) is 14.4. The molecule has 0 aliphatic carbocycles. The molecule has 15 heavy (non-hydrogen) atoms. The van der Waals surface area contributed by atoms with E-state index in [0.29, 0.717) is 0 Å². The molecule has 88 valence electrons. The van der Waals surface area contributed by atoms with E-state index in [4.69, 9.17) is 9.47 Å². The van der Waals surface area contributed by atoms with Crippen LogP contribution >= 0.6 is 0 Å². The molecule has 0 aromatic heterocycles. The van der Waals surface area contributed by atoms with E-state index in [-0.39, 0.29) is 12.2 Å². The van der Waals surface area contributed by atoms with Crippen molar-refractivity contribution in [3.05, 3.63) is 23.8 Å². The van der Waals surface area contributed by atoms with Crippen LogP contribution in [-0.4, -0.2) is 40.0 Å². The highest BCUT2D eigenvalue weighted by atomic mass is 16.5. The number of hydrogen-bond donors (Lipinski definition) is 1. The van der Waals surface area contributed by atoms with Crippen LogP contribution < -0.4 is 5.32 Å². The van der Waals surface area contributed by atoms with Gasteiger partial charge in [-0.2, -0.15) is 0 Å². The minimum atomic E-state index is 0.135. The molecule has 0 aromatic carbocycles. The summed E-state index contributed by atoms with van der Waals surface area (Å²) in [5.74, 6) is 0. The zero-order valence-electron chi connectivity index (χ0n) is 10.4. The van der Waals surface area contributed by atoms with Gasteiger partial charge in [-0.3, -0.25) is 0 Å². The predicted octanol–water partition coefficient (Wildman–Crippen LogP) is 1.76. The summed E-state index contributed by atoms with van der Waals surface area (Å²) in [7, 11) is 5.34. The van der Waals surface area contributed by atoms with Gasteiger partial charge in [-0.05, 0) is 26.5 Å². The van der Waals surface area contributed by atoms with Gasteiger partial charge >= 0.3 is 0 Å². The molecule has 2 unspecified atom stereocenters. The fourth-order valence-electron chi connectivity index (χ4n) is 1.08. The van der Waals surface area contributed by atoms with E-state index in [1.54, 1.807) is 14.2 Å². The smallest absolute Gasteiger partial charge is 0.0730 e. The topological polar surface area (TPSA) is 30.5 Å². The molecule has 0 fully saturated rings. The van der Waals surface area contributed by atoms with Crippen LogP contribution in [0.2, 0.25) is 0 Å².